The summed E-state index contributed by atoms with van der Waals surface area (Å²) in [5.74, 6) is -10.9. The van der Waals surface area contributed by atoms with E-state index in [0.29, 0.717) is 11.3 Å². The number of ether oxygens (including phenoxy) is 2. The van der Waals surface area contributed by atoms with E-state index in [4.69, 9.17) is 4.55 Å². The van der Waals surface area contributed by atoms with Crippen molar-refractivity contribution < 1.29 is 58.4 Å². The first-order chi connectivity index (χ1) is 13.1. The molecule has 1 unspecified atom stereocenters. The number of esters is 1. The molecule has 1 rings (SSSR count). The zero-order valence-corrected chi connectivity index (χ0v) is 15.5. The van der Waals surface area contributed by atoms with Gasteiger partial charge in [0.15, 0.2) is 0 Å². The predicted octanol–water partition coefficient (Wildman–Crippen LogP) is 2.17. The van der Waals surface area contributed by atoms with Gasteiger partial charge in [0.1, 0.15) is 0 Å². The van der Waals surface area contributed by atoms with Crippen LogP contribution in [0, 0.1) is 0 Å². The van der Waals surface area contributed by atoms with Crippen LogP contribution in [0.1, 0.15) is 25.7 Å². The molecule has 1 fully saturated rings. The molecule has 8 nitrogen and oxygen atoms in total. The van der Waals surface area contributed by atoms with Crippen LogP contribution >= 0.6 is 0 Å². The first kappa shape index (κ1) is 25.2. The number of hydrogen-bond donors (Lipinski definition) is 1. The molecule has 0 saturated carbocycles. The van der Waals surface area contributed by atoms with Crippen LogP contribution in [0.2, 0.25) is 0 Å². The molecule has 0 aromatic carbocycles. The summed E-state index contributed by atoms with van der Waals surface area (Å²) in [6, 6.07) is 0. The molecule has 1 amide bonds. The lowest BCUT2D eigenvalue weighted by Crippen LogP contribution is -2.63. The van der Waals surface area contributed by atoms with E-state index in [2.05, 4.69) is 16.1 Å². The van der Waals surface area contributed by atoms with E-state index in [1.807, 2.05) is 0 Å². The molecule has 0 spiro atoms. The molecule has 29 heavy (non-hydrogen) atoms. The Kier molecular flexibility index (Phi) is 7.70. The predicted molar refractivity (Wildman–Crippen MR) is 82.6 cm³/mol. The van der Waals surface area contributed by atoms with E-state index >= 15 is 0 Å². The zero-order chi connectivity index (χ0) is 22.7. The largest absolute Gasteiger partial charge is 0.466 e. The molecule has 0 radical (unpaired) electrons. The Bertz CT molecular complexity index is 748. The van der Waals surface area contributed by atoms with Gasteiger partial charge in [-0.05, 0) is 19.3 Å². The van der Waals surface area contributed by atoms with Crippen molar-refractivity contribution in [3.8, 4) is 0 Å². The van der Waals surface area contributed by atoms with Crippen LogP contribution in [0.5, 0.6) is 0 Å². The van der Waals surface area contributed by atoms with Gasteiger partial charge >= 0.3 is 39.2 Å². The minimum absolute atomic E-state index is 0.213. The summed E-state index contributed by atoms with van der Waals surface area (Å²) in [6.07, 6.45) is -6.75. The van der Waals surface area contributed by atoms with Crippen LogP contribution in [0.25, 0.3) is 0 Å². The van der Waals surface area contributed by atoms with Crippen LogP contribution < -0.4 is 0 Å². The highest BCUT2D eigenvalue weighted by atomic mass is 32.2. The summed E-state index contributed by atoms with van der Waals surface area (Å²) >= 11 is 0. The van der Waals surface area contributed by atoms with Crippen LogP contribution in [-0.2, 0) is 29.2 Å². The summed E-state index contributed by atoms with van der Waals surface area (Å²) in [7, 11) is -6.00. The fourth-order valence-corrected chi connectivity index (χ4v) is 2.67. The molecular formula is C14H17F6NO7S. The van der Waals surface area contributed by atoms with Crippen LogP contribution in [-0.4, -0.2) is 66.7 Å². The molecule has 1 heterocycles. The standard InChI is InChI=1S/C14H17F6NO7S/c1-9(15)10(22)28-13(14(18,19)20,11(23)21-6-3-2-4-7-21)27-8-5-12(16,17)29(24,25)26/h1-8H2,(H,24,25,26). The van der Waals surface area contributed by atoms with Crippen LogP contribution in [0.15, 0.2) is 12.4 Å². The Balaban J connectivity index is 3.27. The molecular weight excluding hydrogens is 440 g/mol. The first-order valence-corrected chi connectivity index (χ1v) is 9.42. The third kappa shape index (κ3) is 5.82. The number of piperidine rings is 1. The molecule has 1 saturated heterocycles. The maximum absolute atomic E-state index is 13.7. The number of carbonyl (C=O) groups is 2. The van der Waals surface area contributed by atoms with E-state index < -0.39 is 58.1 Å². The minimum atomic E-state index is -6.00. The lowest BCUT2D eigenvalue weighted by Gasteiger charge is -2.38. The zero-order valence-electron chi connectivity index (χ0n) is 14.7. The van der Waals surface area contributed by atoms with E-state index in [-0.39, 0.29) is 25.9 Å². The molecule has 168 valence electrons. The second kappa shape index (κ2) is 8.87. The SMILES string of the molecule is C=C(F)C(=O)OC(OCCC(F)(F)S(=O)(=O)O)(C(=O)N1CCCCC1)C(F)(F)F. The number of rotatable bonds is 8. The van der Waals surface area contributed by atoms with Gasteiger partial charge in [0.25, 0.3) is 0 Å². The van der Waals surface area contributed by atoms with E-state index in [9.17, 15) is 44.3 Å². The van der Waals surface area contributed by atoms with Crippen molar-refractivity contribution in [2.45, 2.75) is 42.9 Å². The highest BCUT2D eigenvalue weighted by Gasteiger charge is 2.68. The average molecular weight is 457 g/mol. The Morgan fingerprint density at radius 1 is 1.07 bits per heavy atom. The summed E-state index contributed by atoms with van der Waals surface area (Å²) < 4.78 is 118. The first-order valence-electron chi connectivity index (χ1n) is 7.98. The molecule has 0 aliphatic carbocycles. The normalized spacial score (nSPS) is 18.1. The average Bonchev–Trinajstić information content (AvgIpc) is 2.58. The lowest BCUT2D eigenvalue weighted by atomic mass is 10.1. The number of likely N-dealkylation sites (tertiary alicyclic amines) is 1. The number of halogens is 6. The fraction of sp³-hybridized carbons (Fsp3) is 0.714. The Morgan fingerprint density at radius 3 is 2.00 bits per heavy atom. The Hall–Kier alpha value is -1.87. The molecule has 1 aliphatic heterocycles. The number of hydrogen-bond acceptors (Lipinski definition) is 6. The molecule has 1 atom stereocenters. The Labute approximate surface area is 161 Å². The van der Waals surface area contributed by atoms with Gasteiger partial charge in [-0.25, -0.2) is 4.79 Å². The fourth-order valence-electron chi connectivity index (χ4n) is 2.33. The molecule has 0 aromatic rings. The molecule has 0 aromatic heterocycles. The quantitative estimate of drug-likeness (QED) is 0.196. The Morgan fingerprint density at radius 2 is 1.59 bits per heavy atom. The van der Waals surface area contributed by atoms with Crippen molar-refractivity contribution in [2.75, 3.05) is 19.7 Å². The van der Waals surface area contributed by atoms with Crippen molar-refractivity contribution in [2.24, 2.45) is 0 Å². The van der Waals surface area contributed by atoms with Crippen molar-refractivity contribution in [1.82, 2.24) is 4.90 Å². The second-order valence-corrected chi connectivity index (χ2v) is 7.52. The van der Waals surface area contributed by atoms with Gasteiger partial charge < -0.3 is 14.4 Å². The molecule has 0 bridgehead atoms. The van der Waals surface area contributed by atoms with Gasteiger partial charge in [-0.2, -0.15) is 34.8 Å². The van der Waals surface area contributed by atoms with Crippen LogP contribution in [0.4, 0.5) is 26.3 Å². The summed E-state index contributed by atoms with van der Waals surface area (Å²) in [5.41, 5.74) is 0. The summed E-state index contributed by atoms with van der Waals surface area (Å²) in [6.45, 7) is 0.190. The van der Waals surface area contributed by atoms with Gasteiger partial charge in [-0.1, -0.05) is 6.58 Å². The third-order valence-corrected chi connectivity index (χ3v) is 4.79. The summed E-state index contributed by atoms with van der Waals surface area (Å²) in [4.78, 5) is 24.4. The summed E-state index contributed by atoms with van der Waals surface area (Å²) in [5, 5.41) is -4.92. The van der Waals surface area contributed by atoms with Gasteiger partial charge in [0.2, 0.25) is 5.83 Å². The smallest absolute Gasteiger partial charge is 0.410 e. The second-order valence-electron chi connectivity index (χ2n) is 5.97. The number of amides is 1. The van der Waals surface area contributed by atoms with Crippen molar-refractivity contribution in [3.63, 3.8) is 0 Å². The van der Waals surface area contributed by atoms with Crippen molar-refractivity contribution >= 4 is 22.0 Å². The maximum atomic E-state index is 13.7. The third-order valence-electron chi connectivity index (χ3n) is 3.83. The maximum Gasteiger partial charge on any atom is 0.466 e. The highest BCUT2D eigenvalue weighted by molar-refractivity contribution is 7.86. The van der Waals surface area contributed by atoms with Gasteiger partial charge in [0.05, 0.1) is 13.0 Å². The topological polar surface area (TPSA) is 110 Å². The van der Waals surface area contributed by atoms with Gasteiger partial charge in [0, 0.05) is 13.1 Å². The molecule has 15 heteroatoms. The molecule has 1 aliphatic rings. The number of nitrogens with zero attached hydrogens (tertiary/aromatic N) is 1. The van der Waals surface area contributed by atoms with Crippen LogP contribution in [0.3, 0.4) is 0 Å². The van der Waals surface area contributed by atoms with E-state index in [1.165, 1.54) is 0 Å². The number of alkyl halides is 5. The lowest BCUT2D eigenvalue weighted by molar-refractivity contribution is -0.351. The monoisotopic (exact) mass is 457 g/mol. The van der Waals surface area contributed by atoms with E-state index in [0.717, 1.165) is 0 Å². The molecule has 1 N–H and O–H groups in total. The number of carbonyl (C=O) groups excluding carboxylic acids is 2. The highest BCUT2D eigenvalue weighted by Crippen LogP contribution is 2.39. The minimum Gasteiger partial charge on any atom is -0.410 e. The van der Waals surface area contributed by atoms with Gasteiger partial charge in [-0.3, -0.25) is 9.35 Å². The van der Waals surface area contributed by atoms with E-state index in [1.54, 1.807) is 0 Å². The van der Waals surface area contributed by atoms with Gasteiger partial charge in [-0.15, -0.1) is 0 Å². The van der Waals surface area contributed by atoms with Crippen molar-refractivity contribution in [3.05, 3.63) is 12.4 Å². The van der Waals surface area contributed by atoms with Crippen molar-refractivity contribution in [1.29, 1.82) is 0 Å².